The molecule has 2 rings (SSSR count). The Hall–Kier alpha value is -1.68. The fraction of sp³-hybridized carbons (Fsp3) is 0.100. The second kappa shape index (κ2) is 4.23. The molecule has 0 radical (unpaired) electrons. The van der Waals surface area contributed by atoms with Gasteiger partial charge in [-0.05, 0) is 24.3 Å². The molecule has 4 nitrogen and oxygen atoms in total. The molecule has 0 atom stereocenters. The Morgan fingerprint density at radius 2 is 2.27 bits per heavy atom. The van der Waals surface area contributed by atoms with E-state index in [1.807, 2.05) is 12.1 Å². The van der Waals surface area contributed by atoms with E-state index in [2.05, 4.69) is 10.3 Å². The Kier molecular flexibility index (Phi) is 2.78. The van der Waals surface area contributed by atoms with Crippen molar-refractivity contribution in [3.05, 3.63) is 41.4 Å². The van der Waals surface area contributed by atoms with Gasteiger partial charge in [-0.25, -0.2) is 4.98 Å². The van der Waals surface area contributed by atoms with Crippen molar-refractivity contribution in [1.29, 1.82) is 0 Å². The molecule has 0 amide bonds. The van der Waals surface area contributed by atoms with Crippen LogP contribution in [0.15, 0.2) is 34.9 Å². The molecule has 0 saturated carbocycles. The Morgan fingerprint density at radius 1 is 1.40 bits per heavy atom. The molecule has 0 spiro atoms. The molecule has 5 heteroatoms. The number of aromatic nitrogens is 1. The average Bonchev–Trinajstić information content (AvgIpc) is 2.72. The third-order valence-corrected chi connectivity index (χ3v) is 2.11. The average molecular weight is 224 g/mol. The van der Waals surface area contributed by atoms with Crippen molar-refractivity contribution in [3.63, 3.8) is 0 Å². The number of nitrogens with zero attached hydrogens (tertiary/aromatic N) is 1. The van der Waals surface area contributed by atoms with Crippen LogP contribution in [0.4, 0.5) is 11.5 Å². The maximum absolute atomic E-state index is 5.75. The molecule has 0 aliphatic heterocycles. The van der Waals surface area contributed by atoms with Gasteiger partial charge >= 0.3 is 0 Å². The summed E-state index contributed by atoms with van der Waals surface area (Å²) in [6.07, 6.45) is 1.62. The van der Waals surface area contributed by atoms with Crippen LogP contribution in [0.25, 0.3) is 0 Å². The van der Waals surface area contributed by atoms with E-state index in [4.69, 9.17) is 21.8 Å². The minimum Gasteiger partial charge on any atom is -0.467 e. The quantitative estimate of drug-likeness (QED) is 0.785. The van der Waals surface area contributed by atoms with Gasteiger partial charge in [-0.3, -0.25) is 0 Å². The number of hydrogen-bond acceptors (Lipinski definition) is 4. The standard InChI is InChI=1S/C10H10ClN3O/c11-9-4-3-8(12)10(14-9)13-6-7-2-1-5-15-7/h1-5H,6,12H2,(H,13,14). The topological polar surface area (TPSA) is 64.1 Å². The van der Waals surface area contributed by atoms with Crippen LogP contribution in [-0.2, 0) is 6.54 Å². The first-order chi connectivity index (χ1) is 7.25. The summed E-state index contributed by atoms with van der Waals surface area (Å²) < 4.78 is 5.16. The predicted molar refractivity (Wildman–Crippen MR) is 59.7 cm³/mol. The molecule has 15 heavy (non-hydrogen) atoms. The van der Waals surface area contributed by atoms with Crippen LogP contribution < -0.4 is 11.1 Å². The molecule has 2 aromatic heterocycles. The maximum Gasteiger partial charge on any atom is 0.151 e. The van der Waals surface area contributed by atoms with E-state index < -0.39 is 0 Å². The van der Waals surface area contributed by atoms with Crippen molar-refractivity contribution in [2.45, 2.75) is 6.54 Å². The predicted octanol–water partition coefficient (Wildman–Crippen LogP) is 2.52. The fourth-order valence-electron chi connectivity index (χ4n) is 1.17. The fourth-order valence-corrected chi connectivity index (χ4v) is 1.32. The first kappa shape index (κ1) is 9.86. The van der Waals surface area contributed by atoms with Gasteiger partial charge in [0.05, 0.1) is 18.5 Å². The minimum atomic E-state index is 0.408. The number of nitrogens with one attached hydrogen (secondary N) is 1. The molecular weight excluding hydrogens is 214 g/mol. The molecule has 2 aromatic rings. The third-order valence-electron chi connectivity index (χ3n) is 1.90. The third kappa shape index (κ3) is 2.41. The van der Waals surface area contributed by atoms with Crippen LogP contribution in [0.5, 0.6) is 0 Å². The number of furan rings is 1. The van der Waals surface area contributed by atoms with Gasteiger partial charge in [0.2, 0.25) is 0 Å². The second-order valence-corrected chi connectivity index (χ2v) is 3.39. The van der Waals surface area contributed by atoms with Gasteiger partial charge in [0.1, 0.15) is 10.9 Å². The van der Waals surface area contributed by atoms with Gasteiger partial charge in [-0.2, -0.15) is 0 Å². The lowest BCUT2D eigenvalue weighted by Gasteiger charge is -2.06. The number of anilines is 2. The summed E-state index contributed by atoms with van der Waals surface area (Å²) in [5, 5.41) is 3.45. The molecular formula is C10H10ClN3O. The second-order valence-electron chi connectivity index (χ2n) is 3.00. The Labute approximate surface area is 92.1 Å². The normalized spacial score (nSPS) is 10.2. The van der Waals surface area contributed by atoms with Crippen molar-refractivity contribution in [2.75, 3.05) is 11.1 Å². The molecule has 78 valence electrons. The molecule has 0 fully saturated rings. The van der Waals surface area contributed by atoms with Crippen molar-refractivity contribution in [3.8, 4) is 0 Å². The van der Waals surface area contributed by atoms with E-state index in [1.165, 1.54) is 0 Å². The lowest BCUT2D eigenvalue weighted by molar-refractivity contribution is 0.518. The Morgan fingerprint density at radius 3 is 3.00 bits per heavy atom. The highest BCUT2D eigenvalue weighted by atomic mass is 35.5. The molecule has 0 saturated heterocycles. The number of hydrogen-bond donors (Lipinski definition) is 2. The smallest absolute Gasteiger partial charge is 0.151 e. The van der Waals surface area contributed by atoms with Crippen LogP contribution in [0, 0.1) is 0 Å². The van der Waals surface area contributed by atoms with E-state index in [-0.39, 0.29) is 0 Å². The Bertz CT molecular complexity index is 442. The van der Waals surface area contributed by atoms with Gasteiger partial charge < -0.3 is 15.5 Å². The number of rotatable bonds is 3. The lowest BCUT2D eigenvalue weighted by Crippen LogP contribution is -2.03. The summed E-state index contributed by atoms with van der Waals surface area (Å²) >= 11 is 5.75. The van der Waals surface area contributed by atoms with Gasteiger partial charge in [-0.15, -0.1) is 0 Å². The molecule has 0 aliphatic carbocycles. The summed E-state index contributed by atoms with van der Waals surface area (Å²) in [4.78, 5) is 4.06. The molecule has 3 N–H and O–H groups in total. The van der Waals surface area contributed by atoms with E-state index in [1.54, 1.807) is 18.4 Å². The van der Waals surface area contributed by atoms with Gasteiger partial charge in [-0.1, -0.05) is 11.6 Å². The van der Waals surface area contributed by atoms with Crippen molar-refractivity contribution >= 4 is 23.1 Å². The zero-order valence-corrected chi connectivity index (χ0v) is 8.66. The largest absolute Gasteiger partial charge is 0.467 e. The van der Waals surface area contributed by atoms with E-state index in [0.29, 0.717) is 23.2 Å². The summed E-state index contributed by atoms with van der Waals surface area (Å²) in [6, 6.07) is 7.05. The molecule has 2 heterocycles. The lowest BCUT2D eigenvalue weighted by atomic mass is 10.4. The maximum atomic E-state index is 5.75. The summed E-state index contributed by atoms with van der Waals surface area (Å²) in [7, 11) is 0. The van der Waals surface area contributed by atoms with Crippen LogP contribution in [0.3, 0.4) is 0 Å². The molecule has 0 aliphatic rings. The summed E-state index contributed by atoms with van der Waals surface area (Å²) in [5.41, 5.74) is 6.28. The van der Waals surface area contributed by atoms with Gasteiger partial charge in [0, 0.05) is 0 Å². The van der Waals surface area contributed by atoms with Gasteiger partial charge in [0.15, 0.2) is 5.82 Å². The molecule has 0 unspecified atom stereocenters. The van der Waals surface area contributed by atoms with Crippen molar-refractivity contribution < 1.29 is 4.42 Å². The van der Waals surface area contributed by atoms with Crippen molar-refractivity contribution in [1.82, 2.24) is 4.98 Å². The van der Waals surface area contributed by atoms with Crippen LogP contribution >= 0.6 is 11.6 Å². The highest BCUT2D eigenvalue weighted by Gasteiger charge is 2.02. The first-order valence-corrected chi connectivity index (χ1v) is 4.82. The highest BCUT2D eigenvalue weighted by Crippen LogP contribution is 2.18. The summed E-state index contributed by atoms with van der Waals surface area (Å²) in [6.45, 7) is 0.532. The SMILES string of the molecule is Nc1ccc(Cl)nc1NCc1ccco1. The number of nitrogens with two attached hydrogens (primary N) is 1. The zero-order valence-electron chi connectivity index (χ0n) is 7.90. The van der Waals surface area contributed by atoms with E-state index >= 15 is 0 Å². The number of pyridine rings is 1. The molecule has 0 bridgehead atoms. The Balaban J connectivity index is 2.07. The number of nitrogen functional groups attached to an aromatic ring is 1. The van der Waals surface area contributed by atoms with Crippen LogP contribution in [0.1, 0.15) is 5.76 Å². The van der Waals surface area contributed by atoms with Gasteiger partial charge in [0.25, 0.3) is 0 Å². The first-order valence-electron chi connectivity index (χ1n) is 4.44. The summed E-state index contributed by atoms with van der Waals surface area (Å²) in [5.74, 6) is 1.38. The van der Waals surface area contributed by atoms with Crippen molar-refractivity contribution in [2.24, 2.45) is 0 Å². The highest BCUT2D eigenvalue weighted by molar-refractivity contribution is 6.29. The molecule has 0 aromatic carbocycles. The van der Waals surface area contributed by atoms with E-state index in [0.717, 1.165) is 5.76 Å². The zero-order chi connectivity index (χ0) is 10.7. The monoisotopic (exact) mass is 223 g/mol. The van der Waals surface area contributed by atoms with Crippen LogP contribution in [0.2, 0.25) is 5.15 Å². The van der Waals surface area contributed by atoms with E-state index in [9.17, 15) is 0 Å². The van der Waals surface area contributed by atoms with Crippen LogP contribution in [-0.4, -0.2) is 4.98 Å². The minimum absolute atomic E-state index is 0.408. The number of halogens is 1.